The Hall–Kier alpha value is -1.53. The van der Waals surface area contributed by atoms with Crippen LogP contribution in [0, 0.1) is 6.08 Å². The highest BCUT2D eigenvalue weighted by Gasteiger charge is 1.95. The van der Waals surface area contributed by atoms with Crippen LogP contribution in [0.3, 0.4) is 0 Å². The molecule has 0 saturated heterocycles. The fourth-order valence-corrected chi connectivity index (χ4v) is 0.690. The van der Waals surface area contributed by atoms with E-state index in [0.717, 1.165) is 5.56 Å². The van der Waals surface area contributed by atoms with Crippen molar-refractivity contribution in [3.63, 3.8) is 0 Å². The summed E-state index contributed by atoms with van der Waals surface area (Å²) in [6.45, 7) is 0. The molecule has 0 unspecified atom stereocenters. The van der Waals surface area contributed by atoms with Gasteiger partial charge in [-0.05, 0) is 25.3 Å². The maximum absolute atomic E-state index is 10.6. The molecule has 0 aliphatic carbocycles. The lowest BCUT2D eigenvalue weighted by atomic mass is 10.2. The molecule has 0 atom stereocenters. The molecule has 2 heteroatoms. The fourth-order valence-electron chi connectivity index (χ4n) is 0.690. The summed E-state index contributed by atoms with van der Waals surface area (Å²) in [6.07, 6.45) is 2.53. The van der Waals surface area contributed by atoms with Crippen molar-refractivity contribution >= 4 is 0 Å². The van der Waals surface area contributed by atoms with E-state index in [-0.39, 0.29) is 0 Å². The highest BCUT2D eigenvalue weighted by atomic mass is 16.6. The second-order valence-electron chi connectivity index (χ2n) is 1.98. The van der Waals surface area contributed by atoms with Crippen LogP contribution >= 0.6 is 0 Å². The summed E-state index contributed by atoms with van der Waals surface area (Å²) >= 11 is 0. The molecule has 0 radical (unpaired) electrons. The van der Waals surface area contributed by atoms with Crippen LogP contribution in [0.1, 0.15) is 5.56 Å². The summed E-state index contributed by atoms with van der Waals surface area (Å²) in [6, 6.07) is 9.13. The Morgan fingerprint density at radius 2 is 2.00 bits per heavy atom. The first-order valence-corrected chi connectivity index (χ1v) is 3.23. The van der Waals surface area contributed by atoms with Crippen LogP contribution in [0.15, 0.2) is 36.3 Å². The summed E-state index contributed by atoms with van der Waals surface area (Å²) in [7, 11) is 1.33. The summed E-state index contributed by atoms with van der Waals surface area (Å²) in [5, 5.41) is 10.6. The van der Waals surface area contributed by atoms with Crippen LogP contribution in [0.25, 0.3) is 0 Å². The molecule has 11 heavy (non-hydrogen) atoms. The van der Waals surface area contributed by atoms with Crippen molar-refractivity contribution in [3.05, 3.63) is 47.9 Å². The van der Waals surface area contributed by atoms with Gasteiger partial charge in [0.25, 0.3) is 0 Å². The van der Waals surface area contributed by atoms with Crippen LogP contribution in [0.4, 0.5) is 0 Å². The average molecular weight is 148 g/mol. The van der Waals surface area contributed by atoms with Gasteiger partial charge in [0.1, 0.15) is 0 Å². The number of ether oxygens (including phenoxy) is 1. The van der Waals surface area contributed by atoms with Crippen molar-refractivity contribution in [1.29, 1.82) is 0 Å². The van der Waals surface area contributed by atoms with Gasteiger partial charge >= 0.3 is 0 Å². The lowest BCUT2D eigenvalue weighted by Crippen LogP contribution is -2.05. The third-order valence-corrected chi connectivity index (χ3v) is 1.21. The Kier molecular flexibility index (Phi) is 2.47. The maximum Gasteiger partial charge on any atom is 0.190 e. The Morgan fingerprint density at radius 3 is 2.55 bits per heavy atom. The van der Waals surface area contributed by atoms with E-state index >= 15 is 0 Å². The Morgan fingerprint density at radius 1 is 1.36 bits per heavy atom. The first kappa shape index (κ1) is 7.58. The third-order valence-electron chi connectivity index (χ3n) is 1.21. The molecule has 1 rings (SSSR count). The van der Waals surface area contributed by atoms with Crippen molar-refractivity contribution in [2.24, 2.45) is 0 Å². The second-order valence-corrected chi connectivity index (χ2v) is 1.98. The minimum absolute atomic E-state index is 0.448. The third kappa shape index (κ3) is 2.28. The second kappa shape index (κ2) is 3.59. The Balaban J connectivity index is 2.79. The van der Waals surface area contributed by atoms with Crippen molar-refractivity contribution < 1.29 is 9.84 Å². The zero-order valence-corrected chi connectivity index (χ0v) is 6.20. The van der Waals surface area contributed by atoms with Gasteiger partial charge < -0.3 is 9.84 Å². The van der Waals surface area contributed by atoms with Gasteiger partial charge in [0.05, 0.1) is 18.2 Å². The lowest BCUT2D eigenvalue weighted by molar-refractivity contribution is -0.354. The molecule has 0 N–H and O–H groups in total. The van der Waals surface area contributed by atoms with Gasteiger partial charge in [-0.1, -0.05) is 0 Å². The molecule has 0 fully saturated rings. The highest BCUT2D eigenvalue weighted by Crippen LogP contribution is 1.99. The molecule has 56 valence electrons. The van der Waals surface area contributed by atoms with Crippen LogP contribution < -0.4 is 5.11 Å². The molecule has 0 aliphatic heterocycles. The Labute approximate surface area is 65.7 Å². The fraction of sp³-hybridized carbons (Fsp3) is 0.111. The van der Waals surface area contributed by atoms with Gasteiger partial charge in [0, 0.05) is 0 Å². The molecule has 0 spiro atoms. The zero-order valence-electron chi connectivity index (χ0n) is 6.20. The average Bonchev–Trinajstić information content (AvgIpc) is 2.06. The van der Waals surface area contributed by atoms with Gasteiger partial charge in [-0.3, -0.25) is 0 Å². The molecule has 0 aromatic heterocycles. The van der Waals surface area contributed by atoms with Crippen molar-refractivity contribution in [3.8, 4) is 0 Å². The molecular formula is C9H8O2. The van der Waals surface area contributed by atoms with E-state index in [4.69, 9.17) is 0 Å². The molecule has 1 aromatic carbocycles. The molecule has 1 aromatic rings. The monoisotopic (exact) mass is 148 g/mol. The molecular weight excluding hydrogens is 140 g/mol. The number of rotatable bonds is 2. The summed E-state index contributed by atoms with van der Waals surface area (Å²) < 4.78 is 4.40. The molecule has 2 nitrogen and oxygen atoms in total. The van der Waals surface area contributed by atoms with Gasteiger partial charge in [-0.15, -0.1) is 0 Å². The highest BCUT2D eigenvalue weighted by molar-refractivity contribution is 5.21. The van der Waals surface area contributed by atoms with E-state index in [2.05, 4.69) is 10.8 Å². The van der Waals surface area contributed by atoms with E-state index in [1.54, 1.807) is 12.1 Å². The Bertz CT molecular complexity index is 239. The van der Waals surface area contributed by atoms with Crippen molar-refractivity contribution in [1.82, 2.24) is 0 Å². The molecule has 0 bridgehead atoms. The summed E-state index contributed by atoms with van der Waals surface area (Å²) in [4.78, 5) is 0. The number of benzene rings is 1. The normalized spacial score (nSPS) is 10.5. The van der Waals surface area contributed by atoms with Crippen molar-refractivity contribution in [2.45, 2.75) is 0 Å². The largest absolute Gasteiger partial charge is 0.601 e. The standard InChI is InChI=1S/C9H8O2/c1-11-9(10)7-8-5-3-2-4-6-8/h2-6H,1H3. The number of hydrogen-bond donors (Lipinski definition) is 0. The van der Waals surface area contributed by atoms with E-state index in [1.165, 1.54) is 7.11 Å². The van der Waals surface area contributed by atoms with E-state index < -0.39 is 5.95 Å². The van der Waals surface area contributed by atoms with Crippen LogP contribution in [-0.2, 0) is 4.74 Å². The van der Waals surface area contributed by atoms with Crippen LogP contribution in [0.2, 0.25) is 0 Å². The molecule has 0 heterocycles. The molecule has 0 amide bonds. The smallest absolute Gasteiger partial charge is 0.190 e. The maximum atomic E-state index is 10.6. The van der Waals surface area contributed by atoms with Gasteiger partial charge in [0.15, 0.2) is 11.5 Å². The SMILES string of the molecule is COC([O-])=[C+]c1ccccc1. The van der Waals surface area contributed by atoms with Gasteiger partial charge in [0.2, 0.25) is 0 Å². The van der Waals surface area contributed by atoms with Crippen LogP contribution in [0.5, 0.6) is 0 Å². The summed E-state index contributed by atoms with van der Waals surface area (Å²) in [5.74, 6) is -0.448. The topological polar surface area (TPSA) is 32.3 Å². The van der Waals surface area contributed by atoms with Gasteiger partial charge in [-0.25, -0.2) is 0 Å². The van der Waals surface area contributed by atoms with Crippen LogP contribution in [-0.4, -0.2) is 7.11 Å². The first-order chi connectivity index (χ1) is 5.33. The molecule has 0 saturated carbocycles. The minimum atomic E-state index is -0.448. The molecule has 0 aliphatic rings. The van der Waals surface area contributed by atoms with E-state index in [9.17, 15) is 5.11 Å². The van der Waals surface area contributed by atoms with E-state index in [0.29, 0.717) is 0 Å². The number of hydrogen-bond acceptors (Lipinski definition) is 2. The minimum Gasteiger partial charge on any atom is -0.601 e. The predicted molar refractivity (Wildman–Crippen MR) is 39.3 cm³/mol. The van der Waals surface area contributed by atoms with E-state index in [1.807, 2.05) is 18.2 Å². The number of methoxy groups -OCH3 is 1. The van der Waals surface area contributed by atoms with Crippen molar-refractivity contribution in [2.75, 3.05) is 7.11 Å². The lowest BCUT2D eigenvalue weighted by Gasteiger charge is -2.00. The van der Waals surface area contributed by atoms with Gasteiger partial charge in [-0.2, -0.15) is 0 Å². The quantitative estimate of drug-likeness (QED) is 0.456. The first-order valence-electron chi connectivity index (χ1n) is 3.23. The zero-order chi connectivity index (χ0) is 8.10. The predicted octanol–water partition coefficient (Wildman–Crippen LogP) is 0.686. The summed E-state index contributed by atoms with van der Waals surface area (Å²) in [5.41, 5.74) is 0.736.